The van der Waals surface area contributed by atoms with Crippen LogP contribution in [0.4, 0.5) is 0 Å². The van der Waals surface area contributed by atoms with Crippen molar-refractivity contribution in [2.75, 3.05) is 0 Å². The molecule has 0 saturated heterocycles. The smallest absolute Gasteiger partial charge is 0.164 e. The van der Waals surface area contributed by atoms with Crippen molar-refractivity contribution in [2.24, 2.45) is 0 Å². The average Bonchev–Trinajstić information content (AvgIpc) is 3.84. The van der Waals surface area contributed by atoms with Crippen LogP contribution in [-0.2, 0) is 21.8 Å². The van der Waals surface area contributed by atoms with Gasteiger partial charge in [0, 0.05) is 49.3 Å². The molecule has 0 aliphatic carbocycles. The van der Waals surface area contributed by atoms with Gasteiger partial charge in [0.05, 0.1) is 5.02 Å². The van der Waals surface area contributed by atoms with Gasteiger partial charge in [0.1, 0.15) is 22.6 Å². The number of aromatic nitrogens is 8. The van der Waals surface area contributed by atoms with E-state index in [0.29, 0.717) is 39.6 Å². The Bertz CT molecular complexity index is 3010. The van der Waals surface area contributed by atoms with Crippen LogP contribution >= 0.6 is 11.6 Å². The number of hydrogen-bond donors (Lipinski definition) is 1. The van der Waals surface area contributed by atoms with Crippen LogP contribution in [0.2, 0.25) is 5.02 Å². The Morgan fingerprint density at radius 2 is 0.807 bits per heavy atom. The van der Waals surface area contributed by atoms with Crippen molar-refractivity contribution in [2.45, 2.75) is 105 Å². The highest BCUT2D eigenvalue weighted by molar-refractivity contribution is 6.39. The molecule has 1 N–H and O–H groups in total. The molecule has 0 spiro atoms. The highest BCUT2D eigenvalue weighted by Crippen LogP contribution is 2.51. The SMILES string of the molecule is CC(C)(C)c1c(C(C)(C)C)c(C(C)(C)C)c2c3nc4nc(nc5c6ccccc6c(nc6nc(nc([nH]3)c2c1Cl)-c1ccccc1-6)n5C(C)(C)C)-c1ccccc1-4. The van der Waals surface area contributed by atoms with Gasteiger partial charge in [-0.25, -0.2) is 29.9 Å². The minimum atomic E-state index is -0.403. The van der Waals surface area contributed by atoms with Gasteiger partial charge in [-0.15, -0.1) is 0 Å². The van der Waals surface area contributed by atoms with Gasteiger partial charge in [-0.1, -0.05) is 147 Å². The lowest BCUT2D eigenvalue weighted by Gasteiger charge is -2.37. The van der Waals surface area contributed by atoms with Gasteiger partial charge in [-0.05, 0) is 53.7 Å². The number of aromatic amines is 1. The lowest BCUT2D eigenvalue weighted by Crippen LogP contribution is -2.28. The van der Waals surface area contributed by atoms with E-state index in [1.807, 2.05) is 36.4 Å². The number of rotatable bonds is 0. The summed E-state index contributed by atoms with van der Waals surface area (Å²) in [6, 6.07) is 24.7. The molecule has 8 bridgehead atoms. The zero-order valence-corrected chi connectivity index (χ0v) is 35.7. The van der Waals surface area contributed by atoms with E-state index >= 15 is 0 Å². The largest absolute Gasteiger partial charge is 0.324 e. The first-order chi connectivity index (χ1) is 26.7. The molecular weight excluding hydrogens is 724 g/mol. The topological polar surface area (TPSA) is 98.1 Å². The van der Waals surface area contributed by atoms with Gasteiger partial charge in [0.15, 0.2) is 23.3 Å². The maximum Gasteiger partial charge on any atom is 0.164 e. The lowest BCUT2D eigenvalue weighted by atomic mass is 9.67. The summed E-state index contributed by atoms with van der Waals surface area (Å²) in [4.78, 5) is 35.9. The summed E-state index contributed by atoms with van der Waals surface area (Å²) in [7, 11) is 0. The highest BCUT2D eigenvalue weighted by atomic mass is 35.5. The second-order valence-electron chi connectivity index (χ2n) is 19.5. The van der Waals surface area contributed by atoms with Gasteiger partial charge >= 0.3 is 0 Å². The monoisotopic (exact) mass is 772 g/mol. The third-order valence-corrected chi connectivity index (χ3v) is 11.4. The van der Waals surface area contributed by atoms with Crippen molar-refractivity contribution >= 4 is 55.7 Å². The molecule has 2 aliphatic rings. The molecule has 5 heterocycles. The van der Waals surface area contributed by atoms with Crippen molar-refractivity contribution in [3.05, 3.63) is 94.5 Å². The van der Waals surface area contributed by atoms with Crippen LogP contribution in [-0.4, -0.2) is 39.5 Å². The van der Waals surface area contributed by atoms with Crippen molar-refractivity contribution in [1.29, 1.82) is 0 Å². The van der Waals surface area contributed by atoms with Gasteiger partial charge < -0.3 is 9.55 Å². The quantitative estimate of drug-likeness (QED) is 0.165. The fraction of sp³-hybridized carbons (Fsp3) is 0.333. The predicted octanol–water partition coefficient (Wildman–Crippen LogP) is 12.6. The van der Waals surface area contributed by atoms with Crippen LogP contribution in [0.15, 0.2) is 72.8 Å². The Kier molecular flexibility index (Phi) is 7.99. The first-order valence-electron chi connectivity index (χ1n) is 19.8. The zero-order chi connectivity index (χ0) is 40.6. The molecule has 3 aromatic heterocycles. The molecule has 0 fully saturated rings. The zero-order valence-electron chi connectivity index (χ0n) is 34.9. The first kappa shape index (κ1) is 37.1. The molecule has 8 nitrogen and oxygen atoms in total. The minimum absolute atomic E-state index is 0.245. The molecule has 288 valence electrons. The van der Waals surface area contributed by atoms with Crippen LogP contribution in [0, 0.1) is 0 Å². The van der Waals surface area contributed by atoms with E-state index in [0.717, 1.165) is 60.7 Å². The number of benzene rings is 4. The Balaban J connectivity index is 1.61. The Hall–Kier alpha value is -5.47. The van der Waals surface area contributed by atoms with E-state index in [2.05, 4.69) is 129 Å². The third-order valence-electron chi connectivity index (χ3n) is 11.0. The molecule has 0 amide bonds. The Morgan fingerprint density at radius 3 is 1.19 bits per heavy atom. The van der Waals surface area contributed by atoms with Gasteiger partial charge in [0.25, 0.3) is 0 Å². The number of fused-ring (bicyclic) bond motifs is 20. The summed E-state index contributed by atoms with van der Waals surface area (Å²) in [6.45, 7) is 26.9. The Labute approximate surface area is 338 Å². The second kappa shape index (κ2) is 12.3. The normalized spacial score (nSPS) is 13.4. The second-order valence-corrected chi connectivity index (χ2v) is 19.9. The van der Waals surface area contributed by atoms with Crippen LogP contribution < -0.4 is 0 Å². The van der Waals surface area contributed by atoms with Gasteiger partial charge in [0.2, 0.25) is 0 Å². The standard InChI is InChI=1S/C48H49ClN8/c1-45(2,3)33-31-32(36(49)35(47(7,8)9)34(33)46(4,5)6)42-53-38-26-20-14-16-22-28(26)40(51-38)56-44-30-24-18-17-23-29(30)43(57(44)48(10,11)12)55-39-27-21-15-13-19-25(27)37(50-39)52-41(31)54-42/h13-24H,1-12H3,(H,50,51,52,53,54,55,56). The van der Waals surface area contributed by atoms with Gasteiger partial charge in [-0.3, -0.25) is 0 Å². The molecule has 0 atom stereocenters. The van der Waals surface area contributed by atoms with E-state index < -0.39 is 5.54 Å². The van der Waals surface area contributed by atoms with Crippen molar-refractivity contribution < 1.29 is 0 Å². The molecule has 4 aromatic carbocycles. The van der Waals surface area contributed by atoms with Gasteiger partial charge in [-0.2, -0.15) is 0 Å². The minimum Gasteiger partial charge on any atom is -0.324 e. The summed E-state index contributed by atoms with van der Waals surface area (Å²) in [6.07, 6.45) is 0. The highest BCUT2D eigenvalue weighted by Gasteiger charge is 2.38. The molecule has 7 aromatic rings. The van der Waals surface area contributed by atoms with Crippen molar-refractivity contribution in [1.82, 2.24) is 39.5 Å². The maximum absolute atomic E-state index is 7.80. The van der Waals surface area contributed by atoms with E-state index in [1.54, 1.807) is 0 Å². The average molecular weight is 773 g/mol. The molecule has 9 rings (SSSR count). The molecule has 2 aliphatic heterocycles. The van der Waals surface area contributed by atoms with Crippen LogP contribution in [0.5, 0.6) is 0 Å². The number of halogens is 1. The van der Waals surface area contributed by atoms with Crippen molar-refractivity contribution in [3.63, 3.8) is 0 Å². The summed E-state index contributed by atoms with van der Waals surface area (Å²) in [5, 5.41) is 4.40. The van der Waals surface area contributed by atoms with E-state index in [4.69, 9.17) is 41.5 Å². The number of nitrogens with zero attached hydrogens (tertiary/aromatic N) is 7. The number of nitrogens with one attached hydrogen (secondary N) is 1. The molecule has 9 heteroatoms. The number of H-pyrrole nitrogens is 1. The van der Waals surface area contributed by atoms with E-state index in [-0.39, 0.29) is 16.2 Å². The van der Waals surface area contributed by atoms with Crippen LogP contribution in [0.1, 0.15) is 99.8 Å². The number of hydrogen-bond acceptors (Lipinski definition) is 6. The first-order valence-corrected chi connectivity index (χ1v) is 20.2. The van der Waals surface area contributed by atoms with Crippen molar-refractivity contribution in [3.8, 4) is 45.6 Å². The molecule has 57 heavy (non-hydrogen) atoms. The summed E-state index contributed by atoms with van der Waals surface area (Å²) in [5.74, 6) is 2.31. The fourth-order valence-corrected chi connectivity index (χ4v) is 9.36. The summed E-state index contributed by atoms with van der Waals surface area (Å²) >= 11 is 7.80. The molecule has 0 radical (unpaired) electrons. The third kappa shape index (κ3) is 5.78. The van der Waals surface area contributed by atoms with Crippen LogP contribution in [0.25, 0.3) is 89.7 Å². The van der Waals surface area contributed by atoms with Crippen LogP contribution in [0.3, 0.4) is 0 Å². The van der Waals surface area contributed by atoms with E-state index in [9.17, 15) is 0 Å². The van der Waals surface area contributed by atoms with E-state index in [1.165, 1.54) is 11.1 Å². The maximum atomic E-state index is 7.80. The molecule has 0 saturated carbocycles. The fourth-order valence-electron chi connectivity index (χ4n) is 8.80. The predicted molar refractivity (Wildman–Crippen MR) is 236 cm³/mol. The molecule has 0 unspecified atom stereocenters. The lowest BCUT2D eigenvalue weighted by molar-refractivity contribution is 0.419. The summed E-state index contributed by atoms with van der Waals surface area (Å²) in [5.41, 5.74) is 8.71. The molecular formula is C48H49ClN8. The summed E-state index contributed by atoms with van der Waals surface area (Å²) < 4.78 is 2.21. The Morgan fingerprint density at radius 1 is 0.439 bits per heavy atom.